The molecule has 3 rings (SSSR count). The van der Waals surface area contributed by atoms with Gasteiger partial charge in [0.1, 0.15) is 12.1 Å². The van der Waals surface area contributed by atoms with E-state index in [0.717, 1.165) is 36.8 Å². The van der Waals surface area contributed by atoms with Gasteiger partial charge in [-0.2, -0.15) is 0 Å². The summed E-state index contributed by atoms with van der Waals surface area (Å²) in [5.41, 5.74) is 1.64. The van der Waals surface area contributed by atoms with Crippen molar-refractivity contribution in [2.75, 3.05) is 6.54 Å². The van der Waals surface area contributed by atoms with Crippen molar-refractivity contribution in [3.05, 3.63) is 35.4 Å². The first-order chi connectivity index (χ1) is 10.0. The van der Waals surface area contributed by atoms with Crippen LogP contribution in [-0.4, -0.2) is 28.8 Å². The van der Waals surface area contributed by atoms with Crippen LogP contribution in [-0.2, 0) is 9.59 Å². The van der Waals surface area contributed by atoms with Gasteiger partial charge in [0.15, 0.2) is 0 Å². The molecule has 1 aromatic rings. The van der Waals surface area contributed by atoms with Crippen molar-refractivity contribution < 1.29 is 9.59 Å². The Morgan fingerprint density at radius 2 is 1.86 bits per heavy atom. The summed E-state index contributed by atoms with van der Waals surface area (Å²) in [5, 5.41) is 2.96. The Hall–Kier alpha value is -1.84. The molecule has 1 unspecified atom stereocenters. The van der Waals surface area contributed by atoms with Gasteiger partial charge in [-0.05, 0) is 37.8 Å². The molecule has 1 saturated heterocycles. The standard InChI is InChI=1S/C17H22N2O2/c1-12-7-3-4-8-14(12)13(2)19-11-15(20)18-17(16(19)21)9-5-6-10-17/h3-4,7-8,13H,5-6,9-11H2,1-2H3,(H,18,20). The molecule has 1 spiro atoms. The summed E-state index contributed by atoms with van der Waals surface area (Å²) in [6.45, 7) is 4.23. The van der Waals surface area contributed by atoms with E-state index in [9.17, 15) is 9.59 Å². The fourth-order valence-electron chi connectivity index (χ4n) is 3.71. The second-order valence-corrected chi connectivity index (χ2v) is 6.30. The molecule has 1 saturated carbocycles. The van der Waals surface area contributed by atoms with Crippen LogP contribution in [0.4, 0.5) is 0 Å². The highest BCUT2D eigenvalue weighted by molar-refractivity contribution is 5.98. The van der Waals surface area contributed by atoms with Gasteiger partial charge >= 0.3 is 0 Å². The topological polar surface area (TPSA) is 49.4 Å². The molecular formula is C17H22N2O2. The smallest absolute Gasteiger partial charge is 0.249 e. The zero-order valence-corrected chi connectivity index (χ0v) is 12.7. The summed E-state index contributed by atoms with van der Waals surface area (Å²) in [5.74, 6) is 0.0623. The van der Waals surface area contributed by atoms with Crippen LogP contribution in [0.2, 0.25) is 0 Å². The number of hydrogen-bond donors (Lipinski definition) is 1. The molecule has 4 heteroatoms. The Morgan fingerprint density at radius 1 is 1.19 bits per heavy atom. The highest BCUT2D eigenvalue weighted by atomic mass is 16.2. The third kappa shape index (κ3) is 2.33. The fraction of sp³-hybridized carbons (Fsp3) is 0.529. The Labute approximate surface area is 125 Å². The van der Waals surface area contributed by atoms with Gasteiger partial charge in [-0.1, -0.05) is 37.1 Å². The lowest BCUT2D eigenvalue weighted by Crippen LogP contribution is -2.65. The van der Waals surface area contributed by atoms with Gasteiger partial charge in [-0.3, -0.25) is 9.59 Å². The van der Waals surface area contributed by atoms with Crippen LogP contribution in [0.3, 0.4) is 0 Å². The predicted octanol–water partition coefficient (Wildman–Crippen LogP) is 2.33. The van der Waals surface area contributed by atoms with Crippen LogP contribution in [0, 0.1) is 6.92 Å². The van der Waals surface area contributed by atoms with Crippen molar-refractivity contribution in [1.29, 1.82) is 0 Å². The molecule has 0 aromatic heterocycles. The fourth-order valence-corrected chi connectivity index (χ4v) is 3.71. The van der Waals surface area contributed by atoms with Gasteiger partial charge in [0.25, 0.3) is 0 Å². The van der Waals surface area contributed by atoms with Crippen molar-refractivity contribution >= 4 is 11.8 Å². The van der Waals surface area contributed by atoms with Crippen molar-refractivity contribution in [2.24, 2.45) is 0 Å². The molecule has 1 aromatic carbocycles. The van der Waals surface area contributed by atoms with Crippen molar-refractivity contribution in [1.82, 2.24) is 10.2 Å². The van der Waals surface area contributed by atoms with Gasteiger partial charge in [0, 0.05) is 0 Å². The van der Waals surface area contributed by atoms with Crippen molar-refractivity contribution in [2.45, 2.75) is 51.1 Å². The van der Waals surface area contributed by atoms with Gasteiger partial charge in [-0.25, -0.2) is 0 Å². The van der Waals surface area contributed by atoms with E-state index in [4.69, 9.17) is 0 Å². The van der Waals surface area contributed by atoms with E-state index in [1.54, 1.807) is 4.90 Å². The third-order valence-corrected chi connectivity index (χ3v) is 4.93. The lowest BCUT2D eigenvalue weighted by Gasteiger charge is -2.42. The Morgan fingerprint density at radius 3 is 2.52 bits per heavy atom. The van der Waals surface area contributed by atoms with Crippen LogP contribution in [0.5, 0.6) is 0 Å². The highest BCUT2D eigenvalue weighted by Gasteiger charge is 2.49. The molecule has 1 N–H and O–H groups in total. The summed E-state index contributed by atoms with van der Waals surface area (Å²) in [6.07, 6.45) is 3.57. The number of amides is 2. The molecule has 1 heterocycles. The number of nitrogens with zero attached hydrogens (tertiary/aromatic N) is 1. The van der Waals surface area contributed by atoms with Gasteiger partial charge in [0.05, 0.1) is 6.04 Å². The van der Waals surface area contributed by atoms with Crippen LogP contribution >= 0.6 is 0 Å². The van der Waals surface area contributed by atoms with E-state index in [2.05, 4.69) is 5.32 Å². The van der Waals surface area contributed by atoms with Gasteiger partial charge in [0.2, 0.25) is 11.8 Å². The number of carbonyl (C=O) groups is 2. The molecule has 0 bridgehead atoms. The zero-order valence-electron chi connectivity index (χ0n) is 12.7. The first-order valence-electron chi connectivity index (χ1n) is 7.71. The molecular weight excluding hydrogens is 264 g/mol. The first kappa shape index (κ1) is 14.1. The molecule has 21 heavy (non-hydrogen) atoms. The Balaban J connectivity index is 1.92. The van der Waals surface area contributed by atoms with Crippen LogP contribution in [0.15, 0.2) is 24.3 Å². The molecule has 1 atom stereocenters. The quantitative estimate of drug-likeness (QED) is 0.907. The minimum Gasteiger partial charge on any atom is -0.340 e. The first-order valence-corrected chi connectivity index (χ1v) is 7.71. The SMILES string of the molecule is Cc1ccccc1C(C)N1CC(=O)NC2(CCCC2)C1=O. The third-order valence-electron chi connectivity index (χ3n) is 4.93. The summed E-state index contributed by atoms with van der Waals surface area (Å²) >= 11 is 0. The maximum absolute atomic E-state index is 12.9. The molecule has 2 amide bonds. The lowest BCUT2D eigenvalue weighted by molar-refractivity contribution is -0.152. The maximum Gasteiger partial charge on any atom is 0.249 e. The lowest BCUT2D eigenvalue weighted by atomic mass is 9.90. The predicted molar refractivity (Wildman–Crippen MR) is 80.6 cm³/mol. The molecule has 1 aliphatic heterocycles. The number of nitrogens with one attached hydrogen (secondary N) is 1. The summed E-state index contributed by atoms with van der Waals surface area (Å²) in [6, 6.07) is 8.00. The number of benzene rings is 1. The van der Waals surface area contributed by atoms with E-state index in [1.165, 1.54) is 0 Å². The van der Waals surface area contributed by atoms with E-state index < -0.39 is 5.54 Å². The summed E-state index contributed by atoms with van der Waals surface area (Å²) in [4.78, 5) is 26.8. The van der Waals surface area contributed by atoms with Crippen LogP contribution in [0.25, 0.3) is 0 Å². The summed E-state index contributed by atoms with van der Waals surface area (Å²) in [7, 11) is 0. The highest BCUT2D eigenvalue weighted by Crippen LogP contribution is 2.36. The van der Waals surface area contributed by atoms with Crippen LogP contribution in [0.1, 0.15) is 49.8 Å². The molecule has 4 nitrogen and oxygen atoms in total. The monoisotopic (exact) mass is 286 g/mol. The average Bonchev–Trinajstić information content (AvgIpc) is 2.92. The Bertz CT molecular complexity index is 576. The van der Waals surface area contributed by atoms with Gasteiger partial charge < -0.3 is 10.2 Å². The number of hydrogen-bond acceptors (Lipinski definition) is 2. The minimum absolute atomic E-state index is 0.0306. The van der Waals surface area contributed by atoms with Crippen LogP contribution < -0.4 is 5.32 Å². The minimum atomic E-state index is -0.633. The van der Waals surface area contributed by atoms with E-state index in [0.29, 0.717) is 0 Å². The van der Waals surface area contributed by atoms with Gasteiger partial charge in [-0.15, -0.1) is 0 Å². The maximum atomic E-state index is 12.9. The molecule has 2 fully saturated rings. The Kier molecular flexibility index (Phi) is 3.47. The number of rotatable bonds is 2. The molecule has 2 aliphatic rings. The normalized spacial score (nSPS) is 22.5. The van der Waals surface area contributed by atoms with E-state index in [-0.39, 0.29) is 24.4 Å². The largest absolute Gasteiger partial charge is 0.340 e. The second-order valence-electron chi connectivity index (χ2n) is 6.30. The number of aryl methyl sites for hydroxylation is 1. The zero-order chi connectivity index (χ0) is 15.0. The molecule has 0 radical (unpaired) electrons. The van der Waals surface area contributed by atoms with E-state index >= 15 is 0 Å². The van der Waals surface area contributed by atoms with Crippen molar-refractivity contribution in [3.63, 3.8) is 0 Å². The second kappa shape index (κ2) is 5.17. The van der Waals surface area contributed by atoms with Crippen molar-refractivity contribution in [3.8, 4) is 0 Å². The number of carbonyl (C=O) groups excluding carboxylic acids is 2. The molecule has 1 aliphatic carbocycles. The molecule has 112 valence electrons. The number of piperazine rings is 1. The summed E-state index contributed by atoms with van der Waals surface area (Å²) < 4.78 is 0. The van der Waals surface area contributed by atoms with E-state index in [1.807, 2.05) is 38.1 Å². The average molecular weight is 286 g/mol.